The summed E-state index contributed by atoms with van der Waals surface area (Å²) in [6, 6.07) is 9.57. The number of hydrogen-bond acceptors (Lipinski definition) is 5. The van der Waals surface area contributed by atoms with Crippen molar-refractivity contribution < 1.29 is 9.53 Å². The standard InChI is InChI=1S/C17H20N4O2/c1-18-16-20-11-15(12-21-16)9-5-6-10-19-17(22)23-13-14-7-3-2-4-8-14/h2-5,7-9,11-12H,6,10,13H2,1H3,(H,19,22)(H,18,20,21). The molecule has 6 nitrogen and oxygen atoms in total. The SMILES string of the molecule is CNc1ncc(C=CCCNC(=O)OCc2ccccc2)cn1. The molecular weight excluding hydrogens is 292 g/mol. The predicted octanol–water partition coefficient (Wildman–Crippen LogP) is 2.85. The summed E-state index contributed by atoms with van der Waals surface area (Å²) in [5, 5.41) is 5.56. The van der Waals surface area contributed by atoms with Crippen LogP contribution in [0.25, 0.3) is 6.08 Å². The number of ether oxygens (including phenoxy) is 1. The topological polar surface area (TPSA) is 76.1 Å². The number of nitrogens with zero attached hydrogens (tertiary/aromatic N) is 2. The van der Waals surface area contributed by atoms with Gasteiger partial charge in [0.1, 0.15) is 6.61 Å². The van der Waals surface area contributed by atoms with Gasteiger partial charge in [-0.05, 0) is 12.0 Å². The van der Waals surface area contributed by atoms with Crippen molar-refractivity contribution in [1.82, 2.24) is 15.3 Å². The normalized spacial score (nSPS) is 10.5. The minimum Gasteiger partial charge on any atom is -0.445 e. The lowest BCUT2D eigenvalue weighted by molar-refractivity contribution is 0.140. The summed E-state index contributed by atoms with van der Waals surface area (Å²) in [5.74, 6) is 0.588. The fourth-order valence-corrected chi connectivity index (χ4v) is 1.80. The van der Waals surface area contributed by atoms with Crippen LogP contribution in [-0.4, -0.2) is 29.7 Å². The number of carbonyl (C=O) groups excluding carboxylic acids is 1. The van der Waals surface area contributed by atoms with Crippen LogP contribution >= 0.6 is 0 Å². The predicted molar refractivity (Wildman–Crippen MR) is 89.9 cm³/mol. The summed E-state index contributed by atoms with van der Waals surface area (Å²) in [5.41, 5.74) is 1.88. The lowest BCUT2D eigenvalue weighted by Gasteiger charge is -2.05. The molecule has 0 spiro atoms. The molecule has 0 bridgehead atoms. The molecule has 23 heavy (non-hydrogen) atoms. The molecule has 1 amide bonds. The number of rotatable bonds is 7. The van der Waals surface area contributed by atoms with E-state index in [9.17, 15) is 4.79 Å². The number of aromatic nitrogens is 2. The Morgan fingerprint density at radius 3 is 2.65 bits per heavy atom. The smallest absolute Gasteiger partial charge is 0.407 e. The van der Waals surface area contributed by atoms with Gasteiger partial charge in [-0.2, -0.15) is 0 Å². The number of alkyl carbamates (subject to hydrolysis) is 1. The van der Waals surface area contributed by atoms with Gasteiger partial charge in [0.15, 0.2) is 0 Å². The molecule has 1 aromatic heterocycles. The Balaban J connectivity index is 1.62. The van der Waals surface area contributed by atoms with Gasteiger partial charge in [0.05, 0.1) is 0 Å². The molecule has 0 aliphatic carbocycles. The first-order valence-corrected chi connectivity index (χ1v) is 7.39. The molecule has 2 rings (SSSR count). The maximum absolute atomic E-state index is 11.5. The second kappa shape index (κ2) is 9.19. The van der Waals surface area contributed by atoms with Crippen molar-refractivity contribution in [1.29, 1.82) is 0 Å². The molecule has 0 fully saturated rings. The lowest BCUT2D eigenvalue weighted by atomic mass is 10.2. The van der Waals surface area contributed by atoms with Gasteiger partial charge in [-0.15, -0.1) is 0 Å². The minimum absolute atomic E-state index is 0.275. The Hall–Kier alpha value is -2.89. The van der Waals surface area contributed by atoms with Gasteiger partial charge in [0.2, 0.25) is 5.95 Å². The first-order chi connectivity index (χ1) is 11.3. The van der Waals surface area contributed by atoms with Crippen molar-refractivity contribution in [2.75, 3.05) is 18.9 Å². The fourth-order valence-electron chi connectivity index (χ4n) is 1.80. The Labute approximate surface area is 135 Å². The number of amides is 1. The van der Waals surface area contributed by atoms with E-state index >= 15 is 0 Å². The van der Waals surface area contributed by atoms with Gasteiger partial charge >= 0.3 is 6.09 Å². The summed E-state index contributed by atoms with van der Waals surface area (Å²) in [4.78, 5) is 19.8. The Morgan fingerprint density at radius 2 is 1.96 bits per heavy atom. The van der Waals surface area contributed by atoms with Crippen LogP contribution in [0.2, 0.25) is 0 Å². The van der Waals surface area contributed by atoms with E-state index in [0.29, 0.717) is 18.9 Å². The monoisotopic (exact) mass is 312 g/mol. The summed E-state index contributed by atoms with van der Waals surface area (Å²) in [6.07, 6.45) is 7.62. The van der Waals surface area contributed by atoms with Crippen molar-refractivity contribution in [3.05, 3.63) is 59.9 Å². The van der Waals surface area contributed by atoms with Crippen LogP contribution in [0.5, 0.6) is 0 Å². The average Bonchev–Trinajstić information content (AvgIpc) is 2.61. The van der Waals surface area contributed by atoms with Gasteiger partial charge in [-0.3, -0.25) is 0 Å². The average molecular weight is 312 g/mol. The van der Waals surface area contributed by atoms with Crippen molar-refractivity contribution in [3.63, 3.8) is 0 Å². The van der Waals surface area contributed by atoms with E-state index in [1.54, 1.807) is 19.4 Å². The van der Waals surface area contributed by atoms with E-state index in [4.69, 9.17) is 4.74 Å². The highest BCUT2D eigenvalue weighted by atomic mass is 16.5. The van der Waals surface area contributed by atoms with Gasteiger partial charge in [0.25, 0.3) is 0 Å². The van der Waals surface area contributed by atoms with Crippen LogP contribution in [0.1, 0.15) is 17.5 Å². The Morgan fingerprint density at radius 1 is 1.22 bits per heavy atom. The highest BCUT2D eigenvalue weighted by molar-refractivity contribution is 5.67. The number of hydrogen-bond donors (Lipinski definition) is 2. The molecule has 120 valence electrons. The first kappa shape index (κ1) is 16.5. The number of benzene rings is 1. The number of anilines is 1. The molecule has 0 aliphatic rings. The van der Waals surface area contributed by atoms with E-state index in [2.05, 4.69) is 20.6 Å². The quantitative estimate of drug-likeness (QED) is 0.769. The van der Waals surface area contributed by atoms with Crippen molar-refractivity contribution in [2.24, 2.45) is 0 Å². The second-order valence-corrected chi connectivity index (χ2v) is 4.77. The molecule has 2 aromatic rings. The Bertz CT molecular complexity index is 627. The van der Waals surface area contributed by atoms with E-state index in [0.717, 1.165) is 11.1 Å². The zero-order valence-corrected chi connectivity index (χ0v) is 13.0. The summed E-state index contributed by atoms with van der Waals surface area (Å²) in [6.45, 7) is 0.789. The molecule has 0 unspecified atom stereocenters. The first-order valence-electron chi connectivity index (χ1n) is 7.39. The van der Waals surface area contributed by atoms with Gasteiger partial charge < -0.3 is 15.4 Å². The minimum atomic E-state index is -0.413. The summed E-state index contributed by atoms with van der Waals surface area (Å²) in [7, 11) is 1.77. The van der Waals surface area contributed by atoms with Gasteiger partial charge in [0, 0.05) is 31.5 Å². The van der Waals surface area contributed by atoms with Crippen molar-refractivity contribution >= 4 is 18.1 Å². The van der Waals surface area contributed by atoms with E-state index in [-0.39, 0.29) is 6.61 Å². The molecule has 0 atom stereocenters. The third kappa shape index (κ3) is 6.17. The van der Waals surface area contributed by atoms with Crippen LogP contribution in [0.3, 0.4) is 0 Å². The molecule has 0 saturated carbocycles. The molecule has 0 radical (unpaired) electrons. The van der Waals surface area contributed by atoms with Gasteiger partial charge in [-0.25, -0.2) is 14.8 Å². The highest BCUT2D eigenvalue weighted by Gasteiger charge is 2.00. The maximum Gasteiger partial charge on any atom is 0.407 e. The maximum atomic E-state index is 11.5. The zero-order valence-electron chi connectivity index (χ0n) is 13.0. The third-order valence-electron chi connectivity index (χ3n) is 3.00. The molecule has 1 heterocycles. The second-order valence-electron chi connectivity index (χ2n) is 4.77. The summed E-state index contributed by atoms with van der Waals surface area (Å²) >= 11 is 0. The zero-order chi connectivity index (χ0) is 16.3. The molecule has 2 N–H and O–H groups in total. The van der Waals surface area contributed by atoms with E-state index < -0.39 is 6.09 Å². The van der Waals surface area contributed by atoms with Crippen LogP contribution in [-0.2, 0) is 11.3 Å². The largest absolute Gasteiger partial charge is 0.445 e. The fraction of sp³-hybridized carbons (Fsp3) is 0.235. The molecule has 0 saturated heterocycles. The molecule has 6 heteroatoms. The molecular formula is C17H20N4O2. The van der Waals surface area contributed by atoms with Crippen molar-refractivity contribution in [2.45, 2.75) is 13.0 Å². The highest BCUT2D eigenvalue weighted by Crippen LogP contribution is 2.02. The van der Waals surface area contributed by atoms with Crippen LogP contribution < -0.4 is 10.6 Å². The lowest BCUT2D eigenvalue weighted by Crippen LogP contribution is -2.24. The van der Waals surface area contributed by atoms with E-state index in [1.807, 2.05) is 42.5 Å². The number of nitrogens with one attached hydrogen (secondary N) is 2. The van der Waals surface area contributed by atoms with Crippen LogP contribution in [0, 0.1) is 0 Å². The van der Waals surface area contributed by atoms with Gasteiger partial charge in [-0.1, -0.05) is 42.5 Å². The van der Waals surface area contributed by atoms with E-state index in [1.165, 1.54) is 0 Å². The third-order valence-corrected chi connectivity index (χ3v) is 3.00. The van der Waals surface area contributed by atoms with Crippen LogP contribution in [0.4, 0.5) is 10.7 Å². The Kier molecular flexibility index (Phi) is 6.59. The van der Waals surface area contributed by atoms with Crippen LogP contribution in [0.15, 0.2) is 48.8 Å². The molecule has 0 aliphatic heterocycles. The number of carbonyl (C=O) groups is 1. The van der Waals surface area contributed by atoms with Crippen molar-refractivity contribution in [3.8, 4) is 0 Å². The molecule has 1 aromatic carbocycles. The summed E-state index contributed by atoms with van der Waals surface area (Å²) < 4.78 is 5.12.